The molecule has 27 heavy (non-hydrogen) atoms. The minimum absolute atomic E-state index is 0.0272. The number of nitrogens with zero attached hydrogens (tertiary/aromatic N) is 4. The van der Waals surface area contributed by atoms with E-state index in [1.165, 1.54) is 12.8 Å². The second-order valence-corrected chi connectivity index (χ2v) is 7.28. The van der Waals surface area contributed by atoms with Gasteiger partial charge in [0.15, 0.2) is 5.82 Å². The Morgan fingerprint density at radius 3 is 2.81 bits per heavy atom. The first kappa shape index (κ1) is 19.3. The topological polar surface area (TPSA) is 84.2 Å². The summed E-state index contributed by atoms with van der Waals surface area (Å²) in [5, 5.41) is 6.80. The smallest absolute Gasteiger partial charge is 0.226 e. The second kappa shape index (κ2) is 9.48. The lowest BCUT2D eigenvalue weighted by molar-refractivity contribution is -0.121. The fourth-order valence-corrected chi connectivity index (χ4v) is 3.17. The summed E-state index contributed by atoms with van der Waals surface area (Å²) in [5.41, 5.74) is 1.02. The molecule has 1 aliphatic rings. The normalized spacial score (nSPS) is 15.1. The van der Waals surface area contributed by atoms with Gasteiger partial charge in [-0.15, -0.1) is 0 Å². The van der Waals surface area contributed by atoms with Gasteiger partial charge in [-0.1, -0.05) is 25.1 Å². The average Bonchev–Trinajstić information content (AvgIpc) is 3.15. The van der Waals surface area contributed by atoms with Crippen molar-refractivity contribution < 1.29 is 9.32 Å². The van der Waals surface area contributed by atoms with E-state index in [1.54, 1.807) is 0 Å². The van der Waals surface area contributed by atoms with Gasteiger partial charge in [0.05, 0.1) is 0 Å². The molecule has 3 rings (SSSR count). The fraction of sp³-hybridized carbons (Fsp3) is 0.600. The van der Waals surface area contributed by atoms with E-state index in [4.69, 9.17) is 4.52 Å². The number of amides is 1. The van der Waals surface area contributed by atoms with Crippen molar-refractivity contribution in [1.82, 2.24) is 20.4 Å². The zero-order valence-corrected chi connectivity index (χ0v) is 16.3. The molecule has 1 fully saturated rings. The van der Waals surface area contributed by atoms with E-state index in [9.17, 15) is 4.79 Å². The minimum Gasteiger partial charge on any atom is -0.357 e. The third kappa shape index (κ3) is 5.77. The van der Waals surface area contributed by atoms with Crippen LogP contribution in [0, 0.1) is 5.92 Å². The van der Waals surface area contributed by atoms with Gasteiger partial charge < -0.3 is 14.7 Å². The molecular weight excluding hydrogens is 342 g/mol. The molecule has 1 amide bonds. The van der Waals surface area contributed by atoms with E-state index in [-0.39, 0.29) is 5.91 Å². The van der Waals surface area contributed by atoms with E-state index in [2.05, 4.69) is 38.3 Å². The quantitative estimate of drug-likeness (QED) is 0.768. The van der Waals surface area contributed by atoms with Gasteiger partial charge in [0.1, 0.15) is 5.82 Å². The molecule has 0 spiro atoms. The molecule has 1 saturated heterocycles. The number of hydrogen-bond acceptors (Lipinski definition) is 6. The molecule has 0 radical (unpaired) electrons. The third-order valence-electron chi connectivity index (χ3n) is 5.03. The van der Waals surface area contributed by atoms with Crippen molar-refractivity contribution in [1.29, 1.82) is 0 Å². The van der Waals surface area contributed by atoms with Crippen LogP contribution in [0.1, 0.15) is 56.8 Å². The SMILES string of the molecule is CCc1noc(CCCC(=O)NCc2ccc(N3CCC(C)CC3)nc2)n1. The highest BCUT2D eigenvalue weighted by Gasteiger charge is 2.16. The standard InChI is InChI=1S/C20H29N5O2/c1-3-17-23-20(27-24-17)6-4-5-19(26)22-14-16-7-8-18(21-13-16)25-11-9-15(2)10-12-25/h7-8,13,15H,3-6,9-12,14H2,1-2H3,(H,22,26). The number of carbonyl (C=O) groups excluding carboxylic acids is 1. The molecule has 3 heterocycles. The summed E-state index contributed by atoms with van der Waals surface area (Å²) < 4.78 is 5.13. The van der Waals surface area contributed by atoms with Gasteiger partial charge in [0, 0.05) is 45.1 Å². The summed E-state index contributed by atoms with van der Waals surface area (Å²) in [6.45, 7) is 6.94. The molecule has 0 bridgehead atoms. The average molecular weight is 371 g/mol. The van der Waals surface area contributed by atoms with Crippen molar-refractivity contribution >= 4 is 11.7 Å². The van der Waals surface area contributed by atoms with Crippen LogP contribution in [0.25, 0.3) is 0 Å². The van der Waals surface area contributed by atoms with Crippen LogP contribution >= 0.6 is 0 Å². The number of pyridine rings is 1. The van der Waals surface area contributed by atoms with Crippen LogP contribution in [-0.2, 0) is 24.2 Å². The Hall–Kier alpha value is -2.44. The van der Waals surface area contributed by atoms with Gasteiger partial charge in [-0.05, 0) is 36.8 Å². The number of rotatable bonds is 8. The number of carbonyl (C=O) groups is 1. The molecule has 1 N–H and O–H groups in total. The maximum Gasteiger partial charge on any atom is 0.226 e. The van der Waals surface area contributed by atoms with Crippen molar-refractivity contribution in [2.45, 2.75) is 58.9 Å². The van der Waals surface area contributed by atoms with E-state index < -0.39 is 0 Å². The van der Waals surface area contributed by atoms with Crippen LogP contribution in [0.2, 0.25) is 0 Å². The largest absolute Gasteiger partial charge is 0.357 e. The van der Waals surface area contributed by atoms with E-state index >= 15 is 0 Å². The summed E-state index contributed by atoms with van der Waals surface area (Å²) in [6.07, 6.45) is 6.84. The summed E-state index contributed by atoms with van der Waals surface area (Å²) in [7, 11) is 0. The number of piperidine rings is 1. The lowest BCUT2D eigenvalue weighted by Gasteiger charge is -2.31. The Balaban J connectivity index is 1.37. The maximum absolute atomic E-state index is 12.0. The molecule has 0 atom stereocenters. The van der Waals surface area contributed by atoms with Crippen LogP contribution in [0.3, 0.4) is 0 Å². The van der Waals surface area contributed by atoms with Crippen LogP contribution in [0.15, 0.2) is 22.9 Å². The molecule has 7 nitrogen and oxygen atoms in total. The second-order valence-electron chi connectivity index (χ2n) is 7.28. The predicted molar refractivity (Wildman–Crippen MR) is 103 cm³/mol. The molecule has 2 aromatic heterocycles. The van der Waals surface area contributed by atoms with Crippen LogP contribution in [-0.4, -0.2) is 34.1 Å². The first-order chi connectivity index (χ1) is 13.1. The monoisotopic (exact) mass is 371 g/mol. The highest BCUT2D eigenvalue weighted by atomic mass is 16.5. The lowest BCUT2D eigenvalue weighted by atomic mass is 9.99. The zero-order chi connectivity index (χ0) is 19.1. The fourth-order valence-electron chi connectivity index (χ4n) is 3.17. The molecule has 0 aliphatic carbocycles. The molecule has 2 aromatic rings. The predicted octanol–water partition coefficient (Wildman–Crippen LogP) is 2.90. The Bertz CT molecular complexity index is 720. The molecule has 0 saturated carbocycles. The first-order valence-electron chi connectivity index (χ1n) is 9.92. The Morgan fingerprint density at radius 2 is 2.15 bits per heavy atom. The van der Waals surface area contributed by atoms with Gasteiger partial charge in [-0.3, -0.25) is 4.79 Å². The number of nitrogens with one attached hydrogen (secondary N) is 1. The minimum atomic E-state index is 0.0272. The summed E-state index contributed by atoms with van der Waals surface area (Å²) in [6, 6.07) is 4.10. The highest BCUT2D eigenvalue weighted by Crippen LogP contribution is 2.21. The Kier molecular flexibility index (Phi) is 6.79. The zero-order valence-electron chi connectivity index (χ0n) is 16.3. The van der Waals surface area contributed by atoms with Gasteiger partial charge in [-0.2, -0.15) is 4.98 Å². The highest BCUT2D eigenvalue weighted by molar-refractivity contribution is 5.75. The lowest BCUT2D eigenvalue weighted by Crippen LogP contribution is -2.33. The number of aromatic nitrogens is 3. The number of anilines is 1. The number of aryl methyl sites for hydroxylation is 2. The molecule has 146 valence electrons. The van der Waals surface area contributed by atoms with Gasteiger partial charge in [-0.25, -0.2) is 4.98 Å². The Labute approximate surface area is 160 Å². The molecule has 7 heteroatoms. The van der Waals surface area contributed by atoms with Gasteiger partial charge in [0.2, 0.25) is 11.8 Å². The van der Waals surface area contributed by atoms with Crippen molar-refractivity contribution in [2.75, 3.05) is 18.0 Å². The summed E-state index contributed by atoms with van der Waals surface area (Å²) in [5.74, 6) is 3.18. The molecule has 1 aliphatic heterocycles. The van der Waals surface area contributed by atoms with Crippen LogP contribution in [0.5, 0.6) is 0 Å². The van der Waals surface area contributed by atoms with Gasteiger partial charge >= 0.3 is 0 Å². The van der Waals surface area contributed by atoms with Crippen LogP contribution < -0.4 is 10.2 Å². The Morgan fingerprint density at radius 1 is 1.33 bits per heavy atom. The number of hydrogen-bond donors (Lipinski definition) is 1. The summed E-state index contributed by atoms with van der Waals surface area (Å²) in [4.78, 5) is 23.2. The van der Waals surface area contributed by atoms with Crippen molar-refractivity contribution in [3.05, 3.63) is 35.6 Å². The first-order valence-corrected chi connectivity index (χ1v) is 9.92. The molecule has 0 aromatic carbocycles. The van der Waals surface area contributed by atoms with E-state index in [0.29, 0.717) is 37.5 Å². The van der Waals surface area contributed by atoms with E-state index in [0.717, 1.165) is 36.8 Å². The van der Waals surface area contributed by atoms with Crippen molar-refractivity contribution in [3.63, 3.8) is 0 Å². The molecular formula is C20H29N5O2. The van der Waals surface area contributed by atoms with Gasteiger partial charge in [0.25, 0.3) is 0 Å². The van der Waals surface area contributed by atoms with Crippen molar-refractivity contribution in [2.24, 2.45) is 5.92 Å². The van der Waals surface area contributed by atoms with Crippen molar-refractivity contribution in [3.8, 4) is 0 Å². The maximum atomic E-state index is 12.0. The third-order valence-corrected chi connectivity index (χ3v) is 5.03. The van der Waals surface area contributed by atoms with Crippen LogP contribution in [0.4, 0.5) is 5.82 Å². The van der Waals surface area contributed by atoms with E-state index in [1.807, 2.05) is 19.2 Å². The molecule has 0 unspecified atom stereocenters. The summed E-state index contributed by atoms with van der Waals surface area (Å²) >= 11 is 0.